The highest BCUT2D eigenvalue weighted by Gasteiger charge is 2.61. The Hall–Kier alpha value is 0.250. The molecular weight excluding hydrogens is 158 g/mol. The van der Waals surface area contributed by atoms with Gasteiger partial charge < -0.3 is 5.73 Å². The van der Waals surface area contributed by atoms with E-state index in [1.165, 1.54) is 25.7 Å². The largest absolute Gasteiger partial charge is 0.327 e. The van der Waals surface area contributed by atoms with Gasteiger partial charge in [-0.15, -0.1) is 12.4 Å². The van der Waals surface area contributed by atoms with Gasteiger partial charge in [0.2, 0.25) is 0 Å². The van der Waals surface area contributed by atoms with Crippen LogP contribution in [0.3, 0.4) is 0 Å². The maximum absolute atomic E-state index is 5.99. The van der Waals surface area contributed by atoms with Gasteiger partial charge in [-0.25, -0.2) is 0 Å². The third-order valence-corrected chi connectivity index (χ3v) is 4.03. The topological polar surface area (TPSA) is 26.0 Å². The molecule has 1 atom stereocenters. The summed E-state index contributed by atoms with van der Waals surface area (Å²) < 4.78 is 0. The summed E-state index contributed by atoms with van der Waals surface area (Å²) in [5, 5.41) is 0. The SMILES string of the molecule is CC1(C)CC(N)C12CCC2.Cl. The van der Waals surface area contributed by atoms with Crippen LogP contribution < -0.4 is 5.73 Å². The van der Waals surface area contributed by atoms with E-state index in [-0.39, 0.29) is 12.4 Å². The second-order valence-corrected chi connectivity index (χ2v) is 4.70. The molecular formula is C9H18ClN. The highest BCUT2D eigenvalue weighted by molar-refractivity contribution is 5.85. The van der Waals surface area contributed by atoms with Gasteiger partial charge in [-0.2, -0.15) is 0 Å². The average molecular weight is 176 g/mol. The number of halogens is 1. The molecule has 2 heteroatoms. The van der Waals surface area contributed by atoms with E-state index in [9.17, 15) is 0 Å². The fourth-order valence-electron chi connectivity index (χ4n) is 2.92. The van der Waals surface area contributed by atoms with Gasteiger partial charge in [-0.1, -0.05) is 20.3 Å². The lowest BCUT2D eigenvalue weighted by atomic mass is 9.40. The minimum absolute atomic E-state index is 0. The van der Waals surface area contributed by atoms with Crippen LogP contribution in [0.5, 0.6) is 0 Å². The Morgan fingerprint density at radius 1 is 1.27 bits per heavy atom. The maximum Gasteiger partial charge on any atom is 0.0106 e. The van der Waals surface area contributed by atoms with Crippen LogP contribution in [0.2, 0.25) is 0 Å². The third kappa shape index (κ3) is 0.874. The summed E-state index contributed by atoms with van der Waals surface area (Å²) in [6, 6.07) is 0.524. The minimum Gasteiger partial charge on any atom is -0.327 e. The highest BCUT2D eigenvalue weighted by Crippen LogP contribution is 2.65. The molecule has 0 saturated heterocycles. The van der Waals surface area contributed by atoms with Crippen LogP contribution >= 0.6 is 12.4 Å². The van der Waals surface area contributed by atoms with Crippen molar-refractivity contribution in [2.24, 2.45) is 16.6 Å². The zero-order chi connectivity index (χ0) is 7.41. The molecule has 0 bridgehead atoms. The van der Waals surface area contributed by atoms with Crippen molar-refractivity contribution in [3.05, 3.63) is 0 Å². The van der Waals surface area contributed by atoms with E-state index in [0.29, 0.717) is 16.9 Å². The molecule has 2 saturated carbocycles. The van der Waals surface area contributed by atoms with Crippen molar-refractivity contribution in [3.8, 4) is 0 Å². The van der Waals surface area contributed by atoms with Crippen LogP contribution in [0, 0.1) is 10.8 Å². The Bertz CT molecular complexity index is 161. The Morgan fingerprint density at radius 3 is 1.91 bits per heavy atom. The van der Waals surface area contributed by atoms with Gasteiger partial charge in [0.05, 0.1) is 0 Å². The molecule has 0 radical (unpaired) electrons. The first kappa shape index (κ1) is 9.34. The highest BCUT2D eigenvalue weighted by atomic mass is 35.5. The van der Waals surface area contributed by atoms with Gasteiger partial charge in [-0.3, -0.25) is 0 Å². The van der Waals surface area contributed by atoms with Crippen LogP contribution in [0.15, 0.2) is 0 Å². The summed E-state index contributed by atoms with van der Waals surface area (Å²) in [6.45, 7) is 4.74. The summed E-state index contributed by atoms with van der Waals surface area (Å²) in [6.07, 6.45) is 5.44. The predicted octanol–water partition coefficient (Wildman–Crippen LogP) is 2.34. The van der Waals surface area contributed by atoms with Gasteiger partial charge in [-0.05, 0) is 30.1 Å². The Kier molecular flexibility index (Phi) is 2.01. The normalized spacial score (nSPS) is 36.8. The van der Waals surface area contributed by atoms with E-state index in [1.54, 1.807) is 0 Å². The molecule has 0 aromatic carbocycles. The molecule has 2 aliphatic carbocycles. The smallest absolute Gasteiger partial charge is 0.0106 e. The van der Waals surface area contributed by atoms with Crippen LogP contribution in [-0.4, -0.2) is 6.04 Å². The first-order valence-corrected chi connectivity index (χ1v) is 4.34. The van der Waals surface area contributed by atoms with E-state index >= 15 is 0 Å². The number of hydrogen-bond acceptors (Lipinski definition) is 1. The molecule has 66 valence electrons. The number of nitrogens with two attached hydrogens (primary N) is 1. The van der Waals surface area contributed by atoms with Crippen LogP contribution in [0.25, 0.3) is 0 Å². The Morgan fingerprint density at radius 2 is 1.82 bits per heavy atom. The lowest BCUT2D eigenvalue weighted by Gasteiger charge is -2.66. The van der Waals surface area contributed by atoms with Gasteiger partial charge in [0.25, 0.3) is 0 Å². The summed E-state index contributed by atoms with van der Waals surface area (Å²) in [4.78, 5) is 0. The molecule has 1 nitrogen and oxygen atoms in total. The first-order chi connectivity index (χ1) is 4.58. The zero-order valence-electron chi connectivity index (χ0n) is 7.39. The van der Waals surface area contributed by atoms with Gasteiger partial charge >= 0.3 is 0 Å². The summed E-state index contributed by atoms with van der Waals surface area (Å²) in [5.41, 5.74) is 7.13. The number of hydrogen-bond donors (Lipinski definition) is 1. The van der Waals surface area contributed by atoms with E-state index in [2.05, 4.69) is 13.8 Å². The second-order valence-electron chi connectivity index (χ2n) is 4.70. The van der Waals surface area contributed by atoms with Crippen molar-refractivity contribution in [1.29, 1.82) is 0 Å². The van der Waals surface area contributed by atoms with Crippen LogP contribution in [0.4, 0.5) is 0 Å². The molecule has 11 heavy (non-hydrogen) atoms. The van der Waals surface area contributed by atoms with Crippen LogP contribution in [-0.2, 0) is 0 Å². The molecule has 0 aromatic rings. The van der Waals surface area contributed by atoms with Crippen molar-refractivity contribution in [2.75, 3.05) is 0 Å². The molecule has 0 amide bonds. The number of rotatable bonds is 0. The molecule has 1 unspecified atom stereocenters. The summed E-state index contributed by atoms with van der Waals surface area (Å²) in [7, 11) is 0. The molecule has 0 heterocycles. The lowest BCUT2D eigenvalue weighted by Crippen LogP contribution is -2.66. The van der Waals surface area contributed by atoms with Crippen molar-refractivity contribution >= 4 is 12.4 Å². The van der Waals surface area contributed by atoms with E-state index in [4.69, 9.17) is 5.73 Å². The van der Waals surface area contributed by atoms with Gasteiger partial charge in [0.15, 0.2) is 0 Å². The zero-order valence-corrected chi connectivity index (χ0v) is 8.21. The monoisotopic (exact) mass is 175 g/mol. The quantitative estimate of drug-likeness (QED) is 0.601. The Labute approximate surface area is 75.1 Å². The fourth-order valence-corrected chi connectivity index (χ4v) is 2.92. The van der Waals surface area contributed by atoms with E-state index in [0.717, 1.165) is 0 Å². The fraction of sp³-hybridized carbons (Fsp3) is 1.00. The standard InChI is InChI=1S/C9H17N.ClH/c1-8(2)6-7(10)9(8)4-3-5-9;/h7H,3-6,10H2,1-2H3;1H. The molecule has 2 fully saturated rings. The predicted molar refractivity (Wildman–Crippen MR) is 49.9 cm³/mol. The van der Waals surface area contributed by atoms with Crippen LogP contribution in [0.1, 0.15) is 39.5 Å². The van der Waals surface area contributed by atoms with E-state index in [1.807, 2.05) is 0 Å². The first-order valence-electron chi connectivity index (χ1n) is 4.34. The molecule has 2 N–H and O–H groups in total. The second kappa shape index (κ2) is 2.37. The lowest BCUT2D eigenvalue weighted by molar-refractivity contribution is -0.135. The summed E-state index contributed by atoms with van der Waals surface area (Å²) >= 11 is 0. The van der Waals surface area contributed by atoms with Crippen molar-refractivity contribution in [2.45, 2.75) is 45.6 Å². The average Bonchev–Trinajstić information content (AvgIpc) is 1.55. The summed E-state index contributed by atoms with van der Waals surface area (Å²) in [5.74, 6) is 0. The molecule has 0 aliphatic heterocycles. The van der Waals surface area contributed by atoms with Crippen molar-refractivity contribution in [3.63, 3.8) is 0 Å². The molecule has 2 rings (SSSR count). The van der Waals surface area contributed by atoms with Crippen molar-refractivity contribution in [1.82, 2.24) is 0 Å². The molecule has 0 aromatic heterocycles. The molecule has 1 spiro atoms. The van der Waals surface area contributed by atoms with Crippen molar-refractivity contribution < 1.29 is 0 Å². The van der Waals surface area contributed by atoms with Gasteiger partial charge in [0.1, 0.15) is 0 Å². The third-order valence-electron chi connectivity index (χ3n) is 4.03. The molecule has 2 aliphatic rings. The van der Waals surface area contributed by atoms with Gasteiger partial charge in [0, 0.05) is 6.04 Å². The minimum atomic E-state index is 0. The van der Waals surface area contributed by atoms with E-state index < -0.39 is 0 Å². The maximum atomic E-state index is 5.99. The Balaban J connectivity index is 0.000000605.